The highest BCUT2D eigenvalue weighted by Crippen LogP contribution is 2.39. The number of carbonyl (C=O) groups excluding carboxylic acids is 3. The zero-order valence-electron chi connectivity index (χ0n) is 33.0. The zero-order chi connectivity index (χ0) is 41.1. The molecule has 1 aromatic heterocycles. The third-order valence-electron chi connectivity index (χ3n) is 10.4. The summed E-state index contributed by atoms with van der Waals surface area (Å²) in [6.07, 6.45) is 4.95. The van der Waals surface area contributed by atoms with Gasteiger partial charge in [-0.3, -0.25) is 14.5 Å². The van der Waals surface area contributed by atoms with Crippen LogP contribution in [0.5, 0.6) is 0 Å². The quantitative estimate of drug-likeness (QED) is 0.0778. The topological polar surface area (TPSA) is 166 Å². The molecule has 1 atom stereocenters. The standard InChI is InChI=1S/C44H52N4O8S/c1-5-35(6-2)48(25-24-47(4)44(55)56-28(3)42(51)52)27-31-10-9-11-33(26-31)39(49)46-41-38(36-12-7-8-13-37(36)57-41)40(50)45-34-22-18-30(19-23-34)15-14-29-16-20-32(21-17-29)43(53)54/h9-11,16-23,26,28,35H,5-8,12-15,24-25,27H2,1-4H3,(H,45,50)(H,46,49)(H,51,52)(H,53,54)/t28-/m0/s1. The van der Waals surface area contributed by atoms with Gasteiger partial charge in [-0.1, -0.05) is 50.2 Å². The van der Waals surface area contributed by atoms with E-state index in [0.717, 1.165) is 78.5 Å². The van der Waals surface area contributed by atoms with E-state index in [9.17, 15) is 24.0 Å². The molecule has 57 heavy (non-hydrogen) atoms. The number of fused-ring (bicyclic) bond motifs is 1. The number of hydrogen-bond acceptors (Lipinski definition) is 8. The summed E-state index contributed by atoms with van der Waals surface area (Å²) in [6.45, 7) is 6.90. The lowest BCUT2D eigenvalue weighted by atomic mass is 9.95. The normalized spacial score (nSPS) is 12.8. The van der Waals surface area contributed by atoms with Crippen molar-refractivity contribution in [1.29, 1.82) is 0 Å². The van der Waals surface area contributed by atoms with Gasteiger partial charge in [-0.05, 0) is 117 Å². The summed E-state index contributed by atoms with van der Waals surface area (Å²) in [5.74, 6) is -2.74. The van der Waals surface area contributed by atoms with Crippen molar-refractivity contribution in [3.05, 3.63) is 117 Å². The first-order valence-electron chi connectivity index (χ1n) is 19.5. The highest BCUT2D eigenvalue weighted by molar-refractivity contribution is 7.17. The first kappa shape index (κ1) is 42.6. The molecule has 4 N–H and O–H groups in total. The van der Waals surface area contributed by atoms with E-state index >= 15 is 0 Å². The number of aromatic carboxylic acids is 1. The van der Waals surface area contributed by atoms with E-state index in [0.29, 0.717) is 41.4 Å². The Labute approximate surface area is 337 Å². The van der Waals surface area contributed by atoms with Crippen LogP contribution in [-0.2, 0) is 41.8 Å². The minimum absolute atomic E-state index is 0.213. The average molecular weight is 797 g/mol. The summed E-state index contributed by atoms with van der Waals surface area (Å²) in [6, 6.07) is 22.2. The highest BCUT2D eigenvalue weighted by atomic mass is 32.1. The maximum atomic E-state index is 13.9. The van der Waals surface area contributed by atoms with E-state index in [-0.39, 0.29) is 23.4 Å². The number of ether oxygens (including phenoxy) is 1. The molecule has 302 valence electrons. The van der Waals surface area contributed by atoms with Crippen LogP contribution in [-0.4, -0.2) is 82.1 Å². The van der Waals surface area contributed by atoms with E-state index < -0.39 is 24.1 Å². The van der Waals surface area contributed by atoms with Crippen LogP contribution >= 0.6 is 11.3 Å². The fraction of sp³-hybridized carbons (Fsp3) is 0.386. The van der Waals surface area contributed by atoms with Gasteiger partial charge < -0.3 is 30.5 Å². The molecule has 0 bridgehead atoms. The van der Waals surface area contributed by atoms with Crippen LogP contribution in [0.15, 0.2) is 72.8 Å². The smallest absolute Gasteiger partial charge is 0.410 e. The minimum Gasteiger partial charge on any atom is -0.479 e. The molecule has 0 saturated carbocycles. The number of benzene rings is 3. The number of carboxylic acids is 2. The number of nitrogens with one attached hydrogen (secondary N) is 2. The Kier molecular flexibility index (Phi) is 15.0. The van der Waals surface area contributed by atoms with Crippen molar-refractivity contribution in [3.8, 4) is 0 Å². The third kappa shape index (κ3) is 11.5. The van der Waals surface area contributed by atoms with Gasteiger partial charge in [0.25, 0.3) is 11.8 Å². The van der Waals surface area contributed by atoms with E-state index in [2.05, 4.69) is 29.4 Å². The Morgan fingerprint density at radius 3 is 2.07 bits per heavy atom. The van der Waals surface area contributed by atoms with Crippen molar-refractivity contribution in [1.82, 2.24) is 9.80 Å². The lowest BCUT2D eigenvalue weighted by molar-refractivity contribution is -0.146. The number of anilines is 2. The van der Waals surface area contributed by atoms with Crippen LogP contribution in [0.4, 0.5) is 15.5 Å². The summed E-state index contributed by atoms with van der Waals surface area (Å²) >= 11 is 1.47. The molecule has 12 nitrogen and oxygen atoms in total. The van der Waals surface area contributed by atoms with Crippen molar-refractivity contribution in [3.63, 3.8) is 0 Å². The second-order valence-corrected chi connectivity index (χ2v) is 15.6. The maximum Gasteiger partial charge on any atom is 0.410 e. The van der Waals surface area contributed by atoms with E-state index in [1.807, 2.05) is 54.6 Å². The summed E-state index contributed by atoms with van der Waals surface area (Å²) in [5.41, 5.74) is 5.92. The second-order valence-electron chi connectivity index (χ2n) is 14.4. The van der Waals surface area contributed by atoms with Crippen LogP contribution in [0.1, 0.15) is 105 Å². The minimum atomic E-state index is -1.25. The third-order valence-corrected chi connectivity index (χ3v) is 11.6. The number of likely N-dealkylation sites (N-methyl/N-ethyl adjacent to an activating group) is 1. The van der Waals surface area contributed by atoms with Gasteiger partial charge in [-0.2, -0.15) is 0 Å². The monoisotopic (exact) mass is 796 g/mol. The summed E-state index contributed by atoms with van der Waals surface area (Å²) < 4.78 is 5.03. The molecule has 4 aromatic rings. The highest BCUT2D eigenvalue weighted by Gasteiger charge is 2.27. The van der Waals surface area contributed by atoms with Crippen molar-refractivity contribution in [2.24, 2.45) is 0 Å². The number of carbonyl (C=O) groups is 5. The molecular weight excluding hydrogens is 745 g/mol. The predicted octanol–water partition coefficient (Wildman–Crippen LogP) is 8.15. The van der Waals surface area contributed by atoms with Crippen molar-refractivity contribution in [2.45, 2.75) is 90.8 Å². The largest absolute Gasteiger partial charge is 0.479 e. The van der Waals surface area contributed by atoms with Gasteiger partial charge in [0.1, 0.15) is 5.00 Å². The molecule has 0 fully saturated rings. The van der Waals surface area contributed by atoms with Gasteiger partial charge in [0.15, 0.2) is 6.10 Å². The molecule has 1 aliphatic carbocycles. The molecule has 1 heterocycles. The molecule has 5 rings (SSSR count). The Bertz CT molecular complexity index is 2040. The number of hydrogen-bond donors (Lipinski definition) is 4. The molecule has 0 spiro atoms. The van der Waals surface area contributed by atoms with Gasteiger partial charge in [-0.15, -0.1) is 11.3 Å². The van der Waals surface area contributed by atoms with Crippen LogP contribution in [0, 0.1) is 0 Å². The van der Waals surface area contributed by atoms with Gasteiger partial charge in [0.2, 0.25) is 0 Å². The summed E-state index contributed by atoms with van der Waals surface area (Å²) in [7, 11) is 1.58. The number of aliphatic carboxylic acids is 1. The van der Waals surface area contributed by atoms with Gasteiger partial charge >= 0.3 is 18.0 Å². The van der Waals surface area contributed by atoms with Crippen LogP contribution < -0.4 is 10.6 Å². The van der Waals surface area contributed by atoms with Crippen molar-refractivity contribution < 1.29 is 38.9 Å². The number of amides is 3. The molecule has 0 aliphatic heterocycles. The number of nitrogens with zero attached hydrogens (tertiary/aromatic N) is 2. The van der Waals surface area contributed by atoms with Gasteiger partial charge in [0.05, 0.1) is 11.1 Å². The number of rotatable bonds is 18. The molecule has 3 amide bonds. The average Bonchev–Trinajstić information content (AvgIpc) is 3.57. The first-order valence-corrected chi connectivity index (χ1v) is 20.3. The number of thiophene rings is 1. The number of aryl methyl sites for hydroxylation is 3. The Morgan fingerprint density at radius 1 is 0.789 bits per heavy atom. The Morgan fingerprint density at radius 2 is 1.44 bits per heavy atom. The van der Waals surface area contributed by atoms with Gasteiger partial charge in [-0.25, -0.2) is 14.4 Å². The number of carboxylic acid groups (broad SMARTS) is 2. The van der Waals surface area contributed by atoms with Gasteiger partial charge in [0, 0.05) is 48.9 Å². The maximum absolute atomic E-state index is 13.9. The van der Waals surface area contributed by atoms with Crippen LogP contribution in [0.25, 0.3) is 0 Å². The van der Waals surface area contributed by atoms with Crippen LogP contribution in [0.2, 0.25) is 0 Å². The molecular formula is C44H52N4O8S. The molecule has 1 aliphatic rings. The fourth-order valence-electron chi connectivity index (χ4n) is 7.02. The zero-order valence-corrected chi connectivity index (χ0v) is 33.8. The lowest BCUT2D eigenvalue weighted by Crippen LogP contribution is -2.42. The second kappa shape index (κ2) is 20.1. The van der Waals surface area contributed by atoms with Crippen molar-refractivity contribution in [2.75, 3.05) is 30.8 Å². The van der Waals surface area contributed by atoms with Crippen molar-refractivity contribution >= 4 is 51.9 Å². The SMILES string of the molecule is CCC(CC)N(CCN(C)C(=O)O[C@@H](C)C(=O)O)Cc1cccc(C(=O)Nc2sc3c(c2C(=O)Nc2ccc(CCc4ccc(C(=O)O)cc4)cc2)CCCC3)c1. The summed E-state index contributed by atoms with van der Waals surface area (Å²) in [4.78, 5) is 67.3. The van der Waals surface area contributed by atoms with E-state index in [4.69, 9.17) is 14.9 Å². The molecule has 0 unspecified atom stereocenters. The Balaban J connectivity index is 1.25. The first-order chi connectivity index (χ1) is 27.4. The molecule has 0 saturated heterocycles. The molecule has 3 aromatic carbocycles. The van der Waals surface area contributed by atoms with E-state index in [1.54, 1.807) is 25.2 Å². The van der Waals surface area contributed by atoms with E-state index in [1.165, 1.54) is 23.2 Å². The predicted molar refractivity (Wildman–Crippen MR) is 222 cm³/mol. The molecule has 0 radical (unpaired) electrons. The Hall–Kier alpha value is -5.53. The lowest BCUT2D eigenvalue weighted by Gasteiger charge is -2.32. The molecule has 13 heteroatoms. The fourth-order valence-corrected chi connectivity index (χ4v) is 8.30. The van der Waals surface area contributed by atoms with Crippen LogP contribution in [0.3, 0.4) is 0 Å². The summed E-state index contributed by atoms with van der Waals surface area (Å²) in [5, 5.41) is 24.9.